The number of aryl methyl sites for hydroxylation is 1. The monoisotopic (exact) mass is 311 g/mol. The van der Waals surface area contributed by atoms with Gasteiger partial charge >= 0.3 is 5.97 Å². The van der Waals surface area contributed by atoms with E-state index in [9.17, 15) is 9.90 Å². The van der Waals surface area contributed by atoms with E-state index in [1.165, 1.54) is 0 Å². The molecule has 0 aliphatic heterocycles. The quantitative estimate of drug-likeness (QED) is 0.603. The zero-order valence-corrected chi connectivity index (χ0v) is 13.2. The summed E-state index contributed by atoms with van der Waals surface area (Å²) in [6.07, 6.45) is 2.83. The van der Waals surface area contributed by atoms with Gasteiger partial charge in [0.25, 0.3) is 0 Å². The van der Waals surface area contributed by atoms with Gasteiger partial charge in [0.2, 0.25) is 0 Å². The number of aliphatic carboxylic acids is 1. The third-order valence-electron chi connectivity index (χ3n) is 3.47. The fourth-order valence-electron chi connectivity index (χ4n) is 2.23. The maximum atomic E-state index is 11.4. The molecule has 0 atom stereocenters. The van der Waals surface area contributed by atoms with E-state index in [0.29, 0.717) is 30.7 Å². The Labute approximate surface area is 136 Å². The summed E-state index contributed by atoms with van der Waals surface area (Å²) in [7, 11) is 0. The SMILES string of the molecule is CCOc1ccc(C=C(CCc2ccc(N)cc2)C(=O)O)cc1. The number of nitrogens with two attached hydrogens (primary N) is 1. The highest BCUT2D eigenvalue weighted by atomic mass is 16.5. The molecular weight excluding hydrogens is 290 g/mol. The van der Waals surface area contributed by atoms with Crippen LogP contribution in [-0.2, 0) is 11.2 Å². The van der Waals surface area contributed by atoms with Gasteiger partial charge in [-0.05, 0) is 61.2 Å². The van der Waals surface area contributed by atoms with Crippen LogP contribution in [0, 0.1) is 0 Å². The van der Waals surface area contributed by atoms with Crippen LogP contribution < -0.4 is 10.5 Å². The average molecular weight is 311 g/mol. The molecule has 2 aromatic carbocycles. The Balaban J connectivity index is 2.07. The topological polar surface area (TPSA) is 72.5 Å². The van der Waals surface area contributed by atoms with Crippen molar-refractivity contribution in [3.63, 3.8) is 0 Å². The van der Waals surface area contributed by atoms with E-state index in [-0.39, 0.29) is 0 Å². The number of anilines is 1. The number of benzene rings is 2. The van der Waals surface area contributed by atoms with E-state index in [1.54, 1.807) is 6.08 Å². The van der Waals surface area contributed by atoms with Gasteiger partial charge in [-0.1, -0.05) is 24.3 Å². The second-order valence-corrected chi connectivity index (χ2v) is 5.22. The minimum atomic E-state index is -0.894. The van der Waals surface area contributed by atoms with Crippen LogP contribution in [-0.4, -0.2) is 17.7 Å². The molecule has 0 heterocycles. The van der Waals surface area contributed by atoms with Crippen molar-refractivity contribution in [2.24, 2.45) is 0 Å². The smallest absolute Gasteiger partial charge is 0.331 e. The van der Waals surface area contributed by atoms with Crippen molar-refractivity contribution >= 4 is 17.7 Å². The predicted octanol–water partition coefficient (Wildman–Crippen LogP) is 3.77. The van der Waals surface area contributed by atoms with Gasteiger partial charge in [0.15, 0.2) is 0 Å². The van der Waals surface area contributed by atoms with Gasteiger partial charge in [-0.15, -0.1) is 0 Å². The highest BCUT2D eigenvalue weighted by molar-refractivity contribution is 5.92. The molecule has 0 amide bonds. The molecule has 0 saturated heterocycles. The van der Waals surface area contributed by atoms with Crippen LogP contribution in [0.2, 0.25) is 0 Å². The van der Waals surface area contributed by atoms with E-state index < -0.39 is 5.97 Å². The maximum Gasteiger partial charge on any atom is 0.331 e. The molecule has 0 radical (unpaired) electrons. The molecule has 0 spiro atoms. The Hall–Kier alpha value is -2.75. The lowest BCUT2D eigenvalue weighted by molar-refractivity contribution is -0.132. The number of nitrogen functional groups attached to an aromatic ring is 1. The molecule has 0 bridgehead atoms. The lowest BCUT2D eigenvalue weighted by atomic mass is 10.0. The standard InChI is InChI=1S/C19H21NO3/c1-2-23-18-11-6-15(7-12-18)13-16(19(21)22)8-3-14-4-9-17(20)10-5-14/h4-7,9-13H,2-3,8,20H2,1H3,(H,21,22). The van der Waals surface area contributed by atoms with Crippen molar-refractivity contribution in [3.8, 4) is 5.75 Å². The van der Waals surface area contributed by atoms with Gasteiger partial charge in [-0.2, -0.15) is 0 Å². The minimum Gasteiger partial charge on any atom is -0.494 e. The van der Waals surface area contributed by atoms with Gasteiger partial charge in [-0.3, -0.25) is 0 Å². The Morgan fingerprint density at radius 3 is 2.35 bits per heavy atom. The highest BCUT2D eigenvalue weighted by Gasteiger charge is 2.08. The number of hydrogen-bond donors (Lipinski definition) is 2. The molecule has 120 valence electrons. The van der Waals surface area contributed by atoms with Crippen molar-refractivity contribution in [2.75, 3.05) is 12.3 Å². The van der Waals surface area contributed by atoms with Crippen molar-refractivity contribution in [1.29, 1.82) is 0 Å². The van der Waals surface area contributed by atoms with E-state index >= 15 is 0 Å². The van der Waals surface area contributed by atoms with Crippen molar-refractivity contribution in [2.45, 2.75) is 19.8 Å². The molecular formula is C19H21NO3. The maximum absolute atomic E-state index is 11.4. The lowest BCUT2D eigenvalue weighted by Gasteiger charge is -2.06. The average Bonchev–Trinajstić information content (AvgIpc) is 2.54. The number of carboxylic acid groups (broad SMARTS) is 1. The van der Waals surface area contributed by atoms with Crippen LogP contribution in [0.1, 0.15) is 24.5 Å². The van der Waals surface area contributed by atoms with Crippen LogP contribution in [0.3, 0.4) is 0 Å². The van der Waals surface area contributed by atoms with Crippen LogP contribution >= 0.6 is 0 Å². The van der Waals surface area contributed by atoms with Gasteiger partial charge in [0.1, 0.15) is 5.75 Å². The summed E-state index contributed by atoms with van der Waals surface area (Å²) < 4.78 is 5.38. The number of carboxylic acids is 1. The number of carbonyl (C=O) groups is 1. The summed E-state index contributed by atoms with van der Waals surface area (Å²) in [6, 6.07) is 14.9. The third-order valence-corrected chi connectivity index (χ3v) is 3.47. The Morgan fingerprint density at radius 1 is 1.13 bits per heavy atom. The molecule has 0 fully saturated rings. The normalized spacial score (nSPS) is 11.3. The molecule has 0 aromatic heterocycles. The summed E-state index contributed by atoms with van der Waals surface area (Å²) in [5, 5.41) is 9.38. The van der Waals surface area contributed by atoms with E-state index in [2.05, 4.69) is 0 Å². The minimum absolute atomic E-state index is 0.381. The molecule has 0 saturated carbocycles. The number of rotatable bonds is 7. The summed E-state index contributed by atoms with van der Waals surface area (Å²) >= 11 is 0. The zero-order valence-electron chi connectivity index (χ0n) is 13.2. The van der Waals surface area contributed by atoms with E-state index in [1.807, 2.05) is 55.5 Å². The predicted molar refractivity (Wildman–Crippen MR) is 92.4 cm³/mol. The van der Waals surface area contributed by atoms with E-state index in [0.717, 1.165) is 16.9 Å². The van der Waals surface area contributed by atoms with Gasteiger partial charge < -0.3 is 15.6 Å². The molecule has 0 aliphatic rings. The molecule has 4 nitrogen and oxygen atoms in total. The number of ether oxygens (including phenoxy) is 1. The first-order valence-electron chi connectivity index (χ1n) is 7.59. The zero-order chi connectivity index (χ0) is 16.7. The molecule has 2 rings (SSSR count). The second-order valence-electron chi connectivity index (χ2n) is 5.22. The summed E-state index contributed by atoms with van der Waals surface area (Å²) in [6.45, 7) is 2.53. The fourth-order valence-corrected chi connectivity index (χ4v) is 2.23. The molecule has 2 aromatic rings. The largest absolute Gasteiger partial charge is 0.494 e. The Morgan fingerprint density at radius 2 is 1.78 bits per heavy atom. The first kappa shape index (κ1) is 16.6. The molecule has 23 heavy (non-hydrogen) atoms. The third kappa shape index (κ3) is 5.18. The van der Waals surface area contributed by atoms with Gasteiger partial charge in [-0.25, -0.2) is 4.79 Å². The molecule has 0 aliphatic carbocycles. The second kappa shape index (κ2) is 8.03. The Bertz CT molecular complexity index is 673. The van der Waals surface area contributed by atoms with Crippen LogP contribution in [0.15, 0.2) is 54.1 Å². The van der Waals surface area contributed by atoms with Crippen molar-refractivity contribution in [3.05, 3.63) is 65.2 Å². The Kier molecular flexibility index (Phi) is 5.80. The molecule has 0 unspecified atom stereocenters. The highest BCUT2D eigenvalue weighted by Crippen LogP contribution is 2.18. The lowest BCUT2D eigenvalue weighted by Crippen LogP contribution is -2.02. The van der Waals surface area contributed by atoms with Crippen LogP contribution in [0.4, 0.5) is 5.69 Å². The van der Waals surface area contributed by atoms with Crippen LogP contribution in [0.5, 0.6) is 5.75 Å². The molecule has 4 heteroatoms. The number of hydrogen-bond acceptors (Lipinski definition) is 3. The molecule has 3 N–H and O–H groups in total. The van der Waals surface area contributed by atoms with Crippen LogP contribution in [0.25, 0.3) is 6.08 Å². The van der Waals surface area contributed by atoms with Crippen molar-refractivity contribution in [1.82, 2.24) is 0 Å². The first-order valence-corrected chi connectivity index (χ1v) is 7.59. The van der Waals surface area contributed by atoms with Gasteiger partial charge in [0.05, 0.1) is 6.61 Å². The van der Waals surface area contributed by atoms with Gasteiger partial charge in [0, 0.05) is 11.3 Å². The summed E-state index contributed by atoms with van der Waals surface area (Å²) in [4.78, 5) is 11.4. The summed E-state index contributed by atoms with van der Waals surface area (Å²) in [5.41, 5.74) is 8.65. The van der Waals surface area contributed by atoms with E-state index in [4.69, 9.17) is 10.5 Å². The fraction of sp³-hybridized carbons (Fsp3) is 0.211. The first-order chi connectivity index (χ1) is 11.1. The summed E-state index contributed by atoms with van der Waals surface area (Å²) in [5.74, 6) is -0.113. The van der Waals surface area contributed by atoms with Crippen molar-refractivity contribution < 1.29 is 14.6 Å².